The number of hydrogen-bond donors (Lipinski definition) is 4. The van der Waals surface area contributed by atoms with Crippen molar-refractivity contribution in [1.29, 1.82) is 0 Å². The van der Waals surface area contributed by atoms with E-state index >= 15 is 0 Å². The van der Waals surface area contributed by atoms with Crippen LogP contribution in [-0.4, -0.2) is 131 Å². The summed E-state index contributed by atoms with van der Waals surface area (Å²) < 4.78 is 29.2. The first-order valence-corrected chi connectivity index (χ1v) is 21.0. The van der Waals surface area contributed by atoms with Crippen molar-refractivity contribution in [2.45, 2.75) is 159 Å². The standard InChI is InChI=1S/C44H69NO13/c1-10-13-31-19-25(2)18-26(3)20-37(55-8)44(53)38(56-9)22-28(5)43(52,58-44)40(49)41(50)45-17-12-11-14-32(45)42(51)57-39(29(6)34(47)24-35(31)48)27(4)21-30-15-16-33(46)36(23-30)54-7/h10,19,21,26,28-34,36-39,46-47,52-53H,1,11-18,20,22-24H2,2-9H3/b25-19+,27-21+/t26-,28+,29+,30-,31+,32-,33+,34-,36+,37-,38-,39+,43+,44+/m0/s1. The van der Waals surface area contributed by atoms with Crippen LogP contribution in [-0.2, 0) is 42.9 Å². The fraction of sp³-hybridized carbons (Fsp3) is 0.773. The molecule has 3 heterocycles. The Hall–Kier alpha value is -2.82. The number of ether oxygens (including phenoxy) is 5. The molecule has 14 atom stereocenters. The molecule has 2 bridgehead atoms. The third kappa shape index (κ3) is 10.7. The zero-order valence-corrected chi connectivity index (χ0v) is 35.8. The highest BCUT2D eigenvalue weighted by Crippen LogP contribution is 2.44. The number of fused-ring (bicyclic) bond motifs is 3. The normalized spacial score (nSPS) is 41.8. The van der Waals surface area contributed by atoms with E-state index in [9.17, 15) is 39.6 Å². The molecule has 0 radical (unpaired) electrons. The van der Waals surface area contributed by atoms with Crippen LogP contribution in [0.2, 0.25) is 0 Å². The maximum Gasteiger partial charge on any atom is 0.329 e. The van der Waals surface area contributed by atoms with Gasteiger partial charge in [-0.1, -0.05) is 44.6 Å². The number of esters is 1. The van der Waals surface area contributed by atoms with Crippen molar-refractivity contribution in [3.8, 4) is 0 Å². The van der Waals surface area contributed by atoms with Gasteiger partial charge in [-0.05, 0) is 95.5 Å². The average molecular weight is 820 g/mol. The number of nitrogens with zero attached hydrogens (tertiary/aromatic N) is 1. The molecule has 14 heteroatoms. The molecule has 3 fully saturated rings. The highest BCUT2D eigenvalue weighted by Gasteiger charge is 2.63. The van der Waals surface area contributed by atoms with Crippen LogP contribution in [0.4, 0.5) is 0 Å². The molecule has 0 aromatic carbocycles. The minimum atomic E-state index is -2.80. The molecular weight excluding hydrogens is 750 g/mol. The van der Waals surface area contributed by atoms with Gasteiger partial charge in [0.05, 0.1) is 18.3 Å². The molecule has 1 saturated carbocycles. The second-order valence-corrected chi connectivity index (χ2v) is 17.4. The topological polar surface area (TPSA) is 199 Å². The van der Waals surface area contributed by atoms with Crippen molar-refractivity contribution >= 4 is 23.4 Å². The van der Waals surface area contributed by atoms with Crippen molar-refractivity contribution in [2.24, 2.45) is 29.6 Å². The van der Waals surface area contributed by atoms with Crippen LogP contribution in [0, 0.1) is 29.6 Å². The first kappa shape index (κ1) is 47.9. The van der Waals surface area contributed by atoms with Crippen LogP contribution in [0.15, 0.2) is 36.0 Å². The van der Waals surface area contributed by atoms with Crippen LogP contribution >= 0.6 is 0 Å². The molecule has 0 aromatic heterocycles. The van der Waals surface area contributed by atoms with Gasteiger partial charge >= 0.3 is 5.97 Å². The molecule has 328 valence electrons. The number of aliphatic hydroxyl groups is 4. The molecule has 2 saturated heterocycles. The summed E-state index contributed by atoms with van der Waals surface area (Å²) in [6, 6.07) is -1.21. The number of cyclic esters (lactones) is 1. The SMILES string of the molecule is C=CC[C@@H]1/C=C(\C)C[C@H](C)C[C@H](OC)[C@@]2(O)O[C@@](O)(C(=O)C(=O)N3CCCC[C@H]3C(=O)O[C@H](/C(C)=C/[C@@H]3CC[C@@H](O)[C@H](OC)C3)[C@H](C)[C@@H](O)CC1=O)[C@H](C)C[C@@H]2OC. The summed E-state index contributed by atoms with van der Waals surface area (Å²) in [6.07, 6.45) is 3.66. The van der Waals surface area contributed by atoms with Crippen molar-refractivity contribution in [1.82, 2.24) is 4.90 Å². The predicted molar refractivity (Wildman–Crippen MR) is 214 cm³/mol. The van der Waals surface area contributed by atoms with Gasteiger partial charge in [0, 0.05) is 52.0 Å². The lowest BCUT2D eigenvalue weighted by atomic mass is 9.80. The minimum absolute atomic E-state index is 0.0179. The Morgan fingerprint density at radius 2 is 1.60 bits per heavy atom. The Balaban J connectivity index is 1.80. The molecule has 4 rings (SSSR count). The van der Waals surface area contributed by atoms with E-state index in [0.29, 0.717) is 50.5 Å². The molecule has 1 amide bonds. The molecule has 0 spiro atoms. The molecule has 4 aliphatic rings. The van der Waals surface area contributed by atoms with Gasteiger partial charge in [-0.15, -0.1) is 6.58 Å². The van der Waals surface area contributed by atoms with Crippen LogP contribution < -0.4 is 0 Å². The van der Waals surface area contributed by atoms with Gasteiger partial charge in [-0.2, -0.15) is 0 Å². The van der Waals surface area contributed by atoms with E-state index in [0.717, 1.165) is 10.5 Å². The molecule has 14 nitrogen and oxygen atoms in total. The number of carbonyl (C=O) groups excluding carboxylic acids is 4. The van der Waals surface area contributed by atoms with E-state index in [1.165, 1.54) is 21.1 Å². The quantitative estimate of drug-likeness (QED) is 0.164. The van der Waals surface area contributed by atoms with Gasteiger partial charge in [0.25, 0.3) is 11.7 Å². The number of methoxy groups -OCH3 is 3. The molecule has 0 unspecified atom stereocenters. The lowest BCUT2D eigenvalue weighted by molar-refractivity contribution is -0.410. The van der Waals surface area contributed by atoms with Crippen molar-refractivity contribution in [3.05, 3.63) is 36.0 Å². The van der Waals surface area contributed by atoms with Crippen LogP contribution in [0.5, 0.6) is 0 Å². The number of Topliss-reactive ketones (excluding diaryl/α,β-unsaturated/α-hetero) is 2. The summed E-state index contributed by atoms with van der Waals surface area (Å²) in [5, 5.41) is 46.3. The zero-order valence-electron chi connectivity index (χ0n) is 35.8. The highest BCUT2D eigenvalue weighted by molar-refractivity contribution is 6.39. The number of rotatable bonds is 7. The Morgan fingerprint density at radius 1 is 0.931 bits per heavy atom. The van der Waals surface area contributed by atoms with E-state index in [4.69, 9.17) is 23.7 Å². The van der Waals surface area contributed by atoms with E-state index in [-0.39, 0.29) is 56.0 Å². The van der Waals surface area contributed by atoms with Gasteiger partial charge in [0.2, 0.25) is 11.6 Å². The largest absolute Gasteiger partial charge is 0.456 e. The van der Waals surface area contributed by atoms with Gasteiger partial charge in [-0.3, -0.25) is 14.4 Å². The van der Waals surface area contributed by atoms with Gasteiger partial charge in [0.1, 0.15) is 30.1 Å². The average Bonchev–Trinajstić information content (AvgIpc) is 3.19. The minimum Gasteiger partial charge on any atom is -0.456 e. The van der Waals surface area contributed by atoms with E-state index in [1.54, 1.807) is 27.0 Å². The summed E-state index contributed by atoms with van der Waals surface area (Å²) in [5.41, 5.74) is 1.49. The van der Waals surface area contributed by atoms with Crippen molar-refractivity contribution in [2.75, 3.05) is 27.9 Å². The van der Waals surface area contributed by atoms with Gasteiger partial charge in [-0.25, -0.2) is 4.79 Å². The molecule has 1 aliphatic carbocycles. The number of aliphatic hydroxyl groups excluding tert-OH is 2. The molecule has 4 N–H and O–H groups in total. The first-order valence-electron chi connectivity index (χ1n) is 21.0. The Bertz CT molecular complexity index is 1530. The van der Waals surface area contributed by atoms with Crippen LogP contribution in [0.25, 0.3) is 0 Å². The summed E-state index contributed by atoms with van der Waals surface area (Å²) in [6.45, 7) is 12.7. The Morgan fingerprint density at radius 3 is 2.24 bits per heavy atom. The number of allylic oxidation sites excluding steroid dienone is 4. The van der Waals surface area contributed by atoms with Gasteiger partial charge in [0.15, 0.2) is 0 Å². The summed E-state index contributed by atoms with van der Waals surface area (Å²) >= 11 is 0. The smallest absolute Gasteiger partial charge is 0.329 e. The lowest BCUT2D eigenvalue weighted by Crippen LogP contribution is -2.70. The highest BCUT2D eigenvalue weighted by atomic mass is 16.7. The number of piperidine rings is 1. The second kappa shape index (κ2) is 20.6. The second-order valence-electron chi connectivity index (χ2n) is 17.4. The zero-order chi connectivity index (χ0) is 43.1. The maximum atomic E-state index is 14.3. The number of hydrogen-bond acceptors (Lipinski definition) is 13. The predicted octanol–water partition coefficient (Wildman–Crippen LogP) is 3.96. The van der Waals surface area contributed by atoms with Crippen molar-refractivity contribution in [3.63, 3.8) is 0 Å². The number of amides is 1. The van der Waals surface area contributed by atoms with Crippen molar-refractivity contribution < 1.29 is 63.3 Å². The van der Waals surface area contributed by atoms with E-state index in [1.807, 2.05) is 26.0 Å². The Labute approximate surface area is 343 Å². The fourth-order valence-electron chi connectivity index (χ4n) is 9.47. The summed E-state index contributed by atoms with van der Waals surface area (Å²) in [4.78, 5) is 57.8. The van der Waals surface area contributed by atoms with Crippen LogP contribution in [0.1, 0.15) is 105 Å². The third-order valence-electron chi connectivity index (χ3n) is 13.0. The summed E-state index contributed by atoms with van der Waals surface area (Å²) in [5.74, 6) is -11.3. The maximum absolute atomic E-state index is 14.3. The molecular formula is C44H69NO13. The monoisotopic (exact) mass is 819 g/mol. The fourth-order valence-corrected chi connectivity index (χ4v) is 9.47. The first-order chi connectivity index (χ1) is 27.3. The Kier molecular flexibility index (Phi) is 17.0. The third-order valence-corrected chi connectivity index (χ3v) is 13.0. The number of carbonyl (C=O) groups is 4. The molecule has 58 heavy (non-hydrogen) atoms. The number of ketones is 2. The molecule has 0 aromatic rings. The van der Waals surface area contributed by atoms with Gasteiger partial charge < -0.3 is 49.0 Å². The van der Waals surface area contributed by atoms with E-state index < -0.39 is 83.5 Å². The van der Waals surface area contributed by atoms with Crippen LogP contribution in [0.3, 0.4) is 0 Å². The molecule has 3 aliphatic heterocycles. The lowest BCUT2D eigenvalue weighted by Gasteiger charge is -2.51. The summed E-state index contributed by atoms with van der Waals surface area (Å²) in [7, 11) is 4.29. The van der Waals surface area contributed by atoms with E-state index in [2.05, 4.69) is 6.58 Å².